The van der Waals surface area contributed by atoms with Crippen molar-refractivity contribution in [2.45, 2.75) is 38.1 Å². The van der Waals surface area contributed by atoms with Gasteiger partial charge in [0.15, 0.2) is 5.82 Å². The molecular formula is C14H22N4O. The molecule has 5 heteroatoms. The highest BCUT2D eigenvalue weighted by Gasteiger charge is 2.56. The van der Waals surface area contributed by atoms with Gasteiger partial charge in [0.25, 0.3) is 0 Å². The Kier molecular flexibility index (Phi) is 2.84. The normalized spacial score (nSPS) is 36.2. The summed E-state index contributed by atoms with van der Waals surface area (Å²) < 4.78 is 5.53. The van der Waals surface area contributed by atoms with Crippen LogP contribution in [0.1, 0.15) is 49.9 Å². The number of aromatic nitrogens is 2. The van der Waals surface area contributed by atoms with E-state index in [-0.39, 0.29) is 6.04 Å². The van der Waals surface area contributed by atoms with E-state index in [1.807, 2.05) is 0 Å². The maximum Gasteiger partial charge on any atom is 0.230 e. The molecule has 3 atom stereocenters. The Balaban J connectivity index is 1.45. The third-order valence-corrected chi connectivity index (χ3v) is 5.22. The van der Waals surface area contributed by atoms with Crippen LogP contribution in [0.25, 0.3) is 0 Å². The van der Waals surface area contributed by atoms with Gasteiger partial charge in [0.05, 0.1) is 6.04 Å². The summed E-state index contributed by atoms with van der Waals surface area (Å²) in [5.41, 5.74) is 0. The Morgan fingerprint density at radius 3 is 2.74 bits per heavy atom. The summed E-state index contributed by atoms with van der Waals surface area (Å²) in [5, 5.41) is 7.61. The molecule has 5 nitrogen and oxygen atoms in total. The van der Waals surface area contributed by atoms with Gasteiger partial charge >= 0.3 is 0 Å². The summed E-state index contributed by atoms with van der Waals surface area (Å²) in [5.74, 6) is 4.07. The molecule has 2 aliphatic carbocycles. The summed E-state index contributed by atoms with van der Waals surface area (Å²) >= 11 is 0. The van der Waals surface area contributed by atoms with Gasteiger partial charge in [-0.2, -0.15) is 4.98 Å². The fourth-order valence-corrected chi connectivity index (χ4v) is 3.97. The quantitative estimate of drug-likeness (QED) is 0.895. The summed E-state index contributed by atoms with van der Waals surface area (Å²) in [7, 11) is 0. The lowest BCUT2D eigenvalue weighted by Crippen LogP contribution is -2.44. The molecule has 3 aliphatic rings. The zero-order valence-electron chi connectivity index (χ0n) is 11.5. The molecule has 1 aliphatic heterocycles. The monoisotopic (exact) mass is 262 g/mol. The van der Waals surface area contributed by atoms with E-state index in [0.717, 1.165) is 49.7 Å². The van der Waals surface area contributed by atoms with Crippen molar-refractivity contribution >= 4 is 0 Å². The zero-order chi connectivity index (χ0) is 12.8. The first kappa shape index (κ1) is 11.9. The molecule has 3 unspecified atom stereocenters. The fourth-order valence-electron chi connectivity index (χ4n) is 3.97. The summed E-state index contributed by atoms with van der Waals surface area (Å²) in [6, 6.07) is 0.276. The van der Waals surface area contributed by atoms with E-state index in [4.69, 9.17) is 9.51 Å². The maximum absolute atomic E-state index is 5.53. The molecule has 1 aromatic rings. The first-order chi connectivity index (χ1) is 9.34. The van der Waals surface area contributed by atoms with Crippen LogP contribution in [0.15, 0.2) is 4.52 Å². The first-order valence-corrected chi connectivity index (χ1v) is 7.63. The van der Waals surface area contributed by atoms with Gasteiger partial charge in [-0.25, -0.2) is 0 Å². The highest BCUT2D eigenvalue weighted by atomic mass is 16.5. The Bertz CT molecular complexity index is 444. The fraction of sp³-hybridized carbons (Fsp3) is 0.857. The molecule has 2 heterocycles. The van der Waals surface area contributed by atoms with Gasteiger partial charge in [-0.15, -0.1) is 0 Å². The highest BCUT2D eigenvalue weighted by molar-refractivity contribution is 5.16. The molecule has 0 spiro atoms. The third-order valence-electron chi connectivity index (χ3n) is 5.22. The molecule has 3 fully saturated rings. The van der Waals surface area contributed by atoms with Crippen LogP contribution in [0.5, 0.6) is 0 Å². The van der Waals surface area contributed by atoms with Gasteiger partial charge in [0.1, 0.15) is 0 Å². The third kappa shape index (κ3) is 1.99. The minimum absolute atomic E-state index is 0.276. The molecule has 19 heavy (non-hydrogen) atoms. The Morgan fingerprint density at radius 1 is 1.26 bits per heavy atom. The van der Waals surface area contributed by atoms with Crippen molar-refractivity contribution in [2.75, 3.05) is 26.2 Å². The molecular weight excluding hydrogens is 240 g/mol. The number of nitrogens with one attached hydrogen (secondary N) is 1. The topological polar surface area (TPSA) is 54.2 Å². The van der Waals surface area contributed by atoms with E-state index < -0.39 is 0 Å². The number of fused-ring (bicyclic) bond motifs is 1. The SMILES string of the molecule is CC(c1noc(C2C3CCCC32)n1)N1CCNCC1. The average Bonchev–Trinajstić information content (AvgIpc) is 2.90. The van der Waals surface area contributed by atoms with Crippen molar-refractivity contribution in [3.05, 3.63) is 11.7 Å². The summed E-state index contributed by atoms with van der Waals surface area (Å²) in [6.07, 6.45) is 4.12. The lowest BCUT2D eigenvalue weighted by atomic mass is 10.1. The van der Waals surface area contributed by atoms with E-state index >= 15 is 0 Å². The molecule has 104 valence electrons. The zero-order valence-corrected chi connectivity index (χ0v) is 11.5. The predicted molar refractivity (Wildman–Crippen MR) is 70.7 cm³/mol. The standard InChI is InChI=1S/C14H22N4O/c1-9(18-7-5-15-6-8-18)13-16-14(19-17-13)12-10-3-2-4-11(10)12/h9-12,15H,2-8H2,1H3. The van der Waals surface area contributed by atoms with Gasteiger partial charge in [-0.05, 0) is 31.6 Å². The minimum atomic E-state index is 0.276. The van der Waals surface area contributed by atoms with Crippen molar-refractivity contribution in [3.63, 3.8) is 0 Å². The smallest absolute Gasteiger partial charge is 0.230 e. The molecule has 1 saturated heterocycles. The Hall–Kier alpha value is -0.940. The van der Waals surface area contributed by atoms with Crippen LogP contribution in [0.3, 0.4) is 0 Å². The molecule has 1 aromatic heterocycles. The first-order valence-electron chi connectivity index (χ1n) is 7.63. The second-order valence-corrected chi connectivity index (χ2v) is 6.24. The second kappa shape index (κ2) is 4.56. The summed E-state index contributed by atoms with van der Waals surface area (Å²) in [6.45, 7) is 6.44. The lowest BCUT2D eigenvalue weighted by Gasteiger charge is -2.30. The molecule has 0 bridgehead atoms. The number of hydrogen-bond donors (Lipinski definition) is 1. The van der Waals surface area contributed by atoms with Crippen LogP contribution in [-0.4, -0.2) is 41.2 Å². The van der Waals surface area contributed by atoms with Gasteiger partial charge in [-0.3, -0.25) is 4.90 Å². The second-order valence-electron chi connectivity index (χ2n) is 6.24. The van der Waals surface area contributed by atoms with E-state index in [0.29, 0.717) is 5.92 Å². The number of piperazine rings is 1. The molecule has 0 aromatic carbocycles. The van der Waals surface area contributed by atoms with Crippen molar-refractivity contribution in [1.29, 1.82) is 0 Å². The van der Waals surface area contributed by atoms with Crippen molar-refractivity contribution in [3.8, 4) is 0 Å². The Labute approximate surface area is 113 Å². The number of nitrogens with zero attached hydrogens (tertiary/aromatic N) is 3. The minimum Gasteiger partial charge on any atom is -0.339 e. The van der Waals surface area contributed by atoms with Crippen molar-refractivity contribution < 1.29 is 4.52 Å². The summed E-state index contributed by atoms with van der Waals surface area (Å²) in [4.78, 5) is 7.12. The van der Waals surface area contributed by atoms with Crippen LogP contribution >= 0.6 is 0 Å². The number of rotatable bonds is 3. The van der Waals surface area contributed by atoms with Crippen LogP contribution in [-0.2, 0) is 0 Å². The van der Waals surface area contributed by atoms with Crippen LogP contribution in [0.4, 0.5) is 0 Å². The molecule has 4 rings (SSSR count). The molecule has 2 saturated carbocycles. The van der Waals surface area contributed by atoms with Gasteiger partial charge in [0, 0.05) is 32.1 Å². The van der Waals surface area contributed by atoms with Gasteiger partial charge in [0.2, 0.25) is 5.89 Å². The van der Waals surface area contributed by atoms with Crippen LogP contribution < -0.4 is 5.32 Å². The Morgan fingerprint density at radius 2 is 2.00 bits per heavy atom. The van der Waals surface area contributed by atoms with Crippen LogP contribution in [0.2, 0.25) is 0 Å². The molecule has 1 N–H and O–H groups in total. The predicted octanol–water partition coefficient (Wildman–Crippen LogP) is 1.55. The van der Waals surface area contributed by atoms with Crippen molar-refractivity contribution in [2.24, 2.45) is 11.8 Å². The highest BCUT2D eigenvalue weighted by Crippen LogP contribution is 2.62. The van der Waals surface area contributed by atoms with Crippen LogP contribution in [0, 0.1) is 11.8 Å². The van der Waals surface area contributed by atoms with E-state index in [1.54, 1.807) is 0 Å². The van der Waals surface area contributed by atoms with Gasteiger partial charge < -0.3 is 9.84 Å². The lowest BCUT2D eigenvalue weighted by molar-refractivity contribution is 0.176. The maximum atomic E-state index is 5.53. The van der Waals surface area contributed by atoms with E-state index in [2.05, 4.69) is 22.3 Å². The largest absolute Gasteiger partial charge is 0.339 e. The average molecular weight is 262 g/mol. The van der Waals surface area contributed by atoms with Gasteiger partial charge in [-0.1, -0.05) is 11.6 Å². The number of hydrogen-bond acceptors (Lipinski definition) is 5. The molecule has 0 radical (unpaired) electrons. The van der Waals surface area contributed by atoms with Crippen molar-refractivity contribution in [1.82, 2.24) is 20.4 Å². The molecule has 0 amide bonds. The van der Waals surface area contributed by atoms with E-state index in [1.165, 1.54) is 19.3 Å². The van der Waals surface area contributed by atoms with E-state index in [9.17, 15) is 0 Å².